The van der Waals surface area contributed by atoms with E-state index in [0.717, 1.165) is 11.3 Å². The highest BCUT2D eigenvalue weighted by atomic mass is 32.1. The highest BCUT2D eigenvalue weighted by Gasteiger charge is 2.33. The Morgan fingerprint density at radius 3 is 2.86 bits per heavy atom. The first-order chi connectivity index (χ1) is 10.5. The van der Waals surface area contributed by atoms with Crippen molar-refractivity contribution in [2.75, 3.05) is 5.32 Å². The van der Waals surface area contributed by atoms with Crippen molar-refractivity contribution in [2.24, 2.45) is 5.92 Å². The van der Waals surface area contributed by atoms with Gasteiger partial charge in [-0.1, -0.05) is 11.3 Å². The third kappa shape index (κ3) is 2.73. The standard InChI is InChI=1S/C14H11N3O4S/c18-10-5-8(13(20)21)4-9-11(10)22-14(16-9)17-12(19)7-2-1-3-15-6-7/h1-3,6,8H,4-5H2,(H,20,21)(H,16,17,19)/t8-/m0/s1. The minimum absolute atomic E-state index is 0.0273. The van der Waals surface area contributed by atoms with Gasteiger partial charge in [0.25, 0.3) is 5.91 Å². The van der Waals surface area contributed by atoms with Gasteiger partial charge in [0.15, 0.2) is 10.9 Å². The van der Waals surface area contributed by atoms with Crippen LogP contribution in [0.1, 0.15) is 32.1 Å². The molecule has 2 aromatic rings. The lowest BCUT2D eigenvalue weighted by Crippen LogP contribution is -2.25. The number of carboxylic acids is 1. The van der Waals surface area contributed by atoms with Gasteiger partial charge in [0.05, 0.1) is 22.1 Å². The lowest BCUT2D eigenvalue weighted by atomic mass is 9.90. The molecule has 2 aromatic heterocycles. The number of hydrogen-bond donors (Lipinski definition) is 2. The number of carbonyl (C=O) groups excluding carboxylic acids is 2. The van der Waals surface area contributed by atoms with E-state index in [1.54, 1.807) is 18.3 Å². The number of aliphatic carboxylic acids is 1. The van der Waals surface area contributed by atoms with Crippen molar-refractivity contribution in [3.05, 3.63) is 40.7 Å². The summed E-state index contributed by atoms with van der Waals surface area (Å²) >= 11 is 1.07. The van der Waals surface area contributed by atoms with Gasteiger partial charge in [-0.25, -0.2) is 4.98 Å². The fourth-order valence-electron chi connectivity index (χ4n) is 2.22. The number of aromatic nitrogens is 2. The Kier molecular flexibility index (Phi) is 3.68. The summed E-state index contributed by atoms with van der Waals surface area (Å²) < 4.78 is 0. The van der Waals surface area contributed by atoms with Crippen molar-refractivity contribution in [3.8, 4) is 0 Å². The minimum Gasteiger partial charge on any atom is -0.481 e. The first kappa shape index (κ1) is 14.3. The molecule has 112 valence electrons. The lowest BCUT2D eigenvalue weighted by Gasteiger charge is -2.15. The molecule has 0 saturated heterocycles. The molecular weight excluding hydrogens is 306 g/mol. The van der Waals surface area contributed by atoms with Crippen molar-refractivity contribution in [1.29, 1.82) is 0 Å². The summed E-state index contributed by atoms with van der Waals surface area (Å²) in [6, 6.07) is 3.25. The summed E-state index contributed by atoms with van der Waals surface area (Å²) in [5.41, 5.74) is 0.820. The zero-order chi connectivity index (χ0) is 15.7. The van der Waals surface area contributed by atoms with Crippen LogP contribution < -0.4 is 5.32 Å². The molecule has 0 spiro atoms. The molecule has 0 aliphatic heterocycles. The first-order valence-corrected chi connectivity index (χ1v) is 7.33. The number of carboxylic acid groups (broad SMARTS) is 1. The third-order valence-corrected chi connectivity index (χ3v) is 4.37. The number of pyridine rings is 1. The molecule has 1 aliphatic rings. The predicted octanol–water partition coefficient (Wildman–Crippen LogP) is 1.62. The van der Waals surface area contributed by atoms with Gasteiger partial charge >= 0.3 is 5.97 Å². The topological polar surface area (TPSA) is 109 Å². The Morgan fingerprint density at radius 2 is 2.18 bits per heavy atom. The molecule has 0 aromatic carbocycles. The fourth-order valence-corrected chi connectivity index (χ4v) is 3.16. The summed E-state index contributed by atoms with van der Waals surface area (Å²) in [5, 5.41) is 11.9. The van der Waals surface area contributed by atoms with E-state index in [-0.39, 0.29) is 24.5 Å². The third-order valence-electron chi connectivity index (χ3n) is 3.32. The Balaban J connectivity index is 1.81. The van der Waals surface area contributed by atoms with E-state index >= 15 is 0 Å². The second-order valence-corrected chi connectivity index (χ2v) is 5.86. The average molecular weight is 317 g/mol. The minimum atomic E-state index is -1.01. The second kappa shape index (κ2) is 5.64. The number of nitrogens with zero attached hydrogens (tertiary/aromatic N) is 2. The molecule has 0 radical (unpaired) electrons. The number of fused-ring (bicyclic) bond motifs is 1. The summed E-state index contributed by atoms with van der Waals surface area (Å²) in [6.07, 6.45) is 3.16. The van der Waals surface area contributed by atoms with Gasteiger partial charge in [-0.05, 0) is 12.1 Å². The summed E-state index contributed by atoms with van der Waals surface area (Å²) in [6.45, 7) is 0. The van der Waals surface area contributed by atoms with Crippen LogP contribution in [0.2, 0.25) is 0 Å². The lowest BCUT2D eigenvalue weighted by molar-refractivity contribution is -0.141. The van der Waals surface area contributed by atoms with Gasteiger partial charge in [0.1, 0.15) is 0 Å². The molecule has 0 unspecified atom stereocenters. The van der Waals surface area contributed by atoms with Crippen LogP contribution in [-0.2, 0) is 11.2 Å². The molecule has 0 saturated carbocycles. The normalized spacial score (nSPS) is 16.9. The number of carbonyl (C=O) groups is 3. The molecule has 0 fully saturated rings. The van der Waals surface area contributed by atoms with E-state index < -0.39 is 11.9 Å². The van der Waals surface area contributed by atoms with Gasteiger partial charge in [-0.15, -0.1) is 0 Å². The zero-order valence-electron chi connectivity index (χ0n) is 11.3. The summed E-state index contributed by atoms with van der Waals surface area (Å²) in [4.78, 5) is 43.5. The van der Waals surface area contributed by atoms with Crippen LogP contribution >= 0.6 is 11.3 Å². The molecule has 2 N–H and O–H groups in total. The Labute approximate surface area is 129 Å². The van der Waals surface area contributed by atoms with Crippen LogP contribution in [0.5, 0.6) is 0 Å². The highest BCUT2D eigenvalue weighted by Crippen LogP contribution is 2.32. The second-order valence-electron chi connectivity index (χ2n) is 4.86. The molecule has 0 bridgehead atoms. The SMILES string of the molecule is O=C(Nc1nc2c(s1)C(=O)C[C@@H](C(=O)O)C2)c1cccnc1. The molecule has 22 heavy (non-hydrogen) atoms. The van der Waals surface area contributed by atoms with Gasteiger partial charge in [-0.3, -0.25) is 24.7 Å². The molecule has 2 heterocycles. The van der Waals surface area contributed by atoms with Crippen molar-refractivity contribution < 1.29 is 19.5 Å². The zero-order valence-corrected chi connectivity index (χ0v) is 12.1. The van der Waals surface area contributed by atoms with Crippen LogP contribution in [0.4, 0.5) is 5.13 Å². The molecule has 1 aliphatic carbocycles. The van der Waals surface area contributed by atoms with Gasteiger partial charge in [0.2, 0.25) is 0 Å². The quantitative estimate of drug-likeness (QED) is 0.890. The molecule has 3 rings (SSSR count). The molecular formula is C14H11N3O4S. The highest BCUT2D eigenvalue weighted by molar-refractivity contribution is 7.17. The first-order valence-electron chi connectivity index (χ1n) is 6.51. The average Bonchev–Trinajstić information content (AvgIpc) is 2.91. The van der Waals surface area contributed by atoms with E-state index in [2.05, 4.69) is 15.3 Å². The van der Waals surface area contributed by atoms with Crippen LogP contribution in [0.15, 0.2) is 24.5 Å². The number of thiazole rings is 1. The molecule has 8 heteroatoms. The number of anilines is 1. The van der Waals surface area contributed by atoms with Crippen LogP contribution in [0.25, 0.3) is 0 Å². The maximum atomic E-state index is 12.0. The van der Waals surface area contributed by atoms with Crippen molar-refractivity contribution >= 4 is 34.1 Å². The fraction of sp³-hybridized carbons (Fsp3) is 0.214. The van der Waals surface area contributed by atoms with E-state index in [9.17, 15) is 14.4 Å². The smallest absolute Gasteiger partial charge is 0.307 e. The molecule has 1 amide bonds. The number of hydrogen-bond acceptors (Lipinski definition) is 6. The number of ketones is 1. The van der Waals surface area contributed by atoms with Gasteiger partial charge in [0, 0.05) is 25.2 Å². The molecule has 7 nitrogen and oxygen atoms in total. The van der Waals surface area contributed by atoms with E-state index in [1.165, 1.54) is 6.20 Å². The largest absolute Gasteiger partial charge is 0.481 e. The van der Waals surface area contributed by atoms with Gasteiger partial charge < -0.3 is 5.11 Å². The predicted molar refractivity (Wildman–Crippen MR) is 78.1 cm³/mol. The number of Topliss-reactive ketones (excluding diaryl/α,β-unsaturated/α-hetero) is 1. The van der Waals surface area contributed by atoms with Crippen LogP contribution in [-0.4, -0.2) is 32.7 Å². The maximum absolute atomic E-state index is 12.0. The number of amides is 1. The van der Waals surface area contributed by atoms with E-state index in [0.29, 0.717) is 21.3 Å². The van der Waals surface area contributed by atoms with E-state index in [4.69, 9.17) is 5.11 Å². The Morgan fingerprint density at radius 1 is 1.36 bits per heavy atom. The summed E-state index contributed by atoms with van der Waals surface area (Å²) in [5.74, 6) is -2.37. The summed E-state index contributed by atoms with van der Waals surface area (Å²) in [7, 11) is 0. The Hall–Kier alpha value is -2.61. The van der Waals surface area contributed by atoms with Crippen LogP contribution in [0.3, 0.4) is 0 Å². The number of nitrogens with one attached hydrogen (secondary N) is 1. The van der Waals surface area contributed by atoms with Crippen molar-refractivity contribution in [2.45, 2.75) is 12.8 Å². The number of rotatable bonds is 3. The van der Waals surface area contributed by atoms with Crippen molar-refractivity contribution in [1.82, 2.24) is 9.97 Å². The van der Waals surface area contributed by atoms with Crippen molar-refractivity contribution in [3.63, 3.8) is 0 Å². The Bertz CT molecular complexity index is 757. The molecule has 1 atom stereocenters. The van der Waals surface area contributed by atoms with E-state index in [1.807, 2.05) is 0 Å². The van der Waals surface area contributed by atoms with Crippen LogP contribution in [0, 0.1) is 5.92 Å². The maximum Gasteiger partial charge on any atom is 0.307 e. The monoisotopic (exact) mass is 317 g/mol. The van der Waals surface area contributed by atoms with Gasteiger partial charge in [-0.2, -0.15) is 0 Å².